The van der Waals surface area contributed by atoms with Crippen molar-refractivity contribution < 1.29 is 4.79 Å². The lowest BCUT2D eigenvalue weighted by Gasteiger charge is -2.15. The second kappa shape index (κ2) is 9.27. The SMILES string of the molecule is CC(C)c1ccc(C(N)CNC(=O)Cn2c(=O)c3c(ncn3C)n(C)c2=O)cc1.Cl. The maximum absolute atomic E-state index is 12.6. The molecule has 30 heavy (non-hydrogen) atoms. The number of amides is 1. The molecule has 0 aliphatic carbocycles. The monoisotopic (exact) mass is 434 g/mol. The van der Waals surface area contributed by atoms with Gasteiger partial charge in [-0.25, -0.2) is 14.3 Å². The Hall–Kier alpha value is -2.91. The molecule has 2 heterocycles. The lowest BCUT2D eigenvalue weighted by atomic mass is 9.99. The molecule has 0 spiro atoms. The van der Waals surface area contributed by atoms with E-state index in [4.69, 9.17) is 5.73 Å². The molecule has 3 aromatic rings. The van der Waals surface area contributed by atoms with E-state index >= 15 is 0 Å². The van der Waals surface area contributed by atoms with Gasteiger partial charge >= 0.3 is 5.69 Å². The summed E-state index contributed by atoms with van der Waals surface area (Å²) in [6, 6.07) is 7.55. The molecular formula is C20H27ClN6O3. The molecule has 1 amide bonds. The van der Waals surface area contributed by atoms with Gasteiger partial charge in [0.1, 0.15) is 6.54 Å². The number of benzene rings is 1. The van der Waals surface area contributed by atoms with Crippen molar-refractivity contribution in [2.45, 2.75) is 32.4 Å². The lowest BCUT2D eigenvalue weighted by molar-refractivity contribution is -0.121. The Morgan fingerprint density at radius 3 is 2.33 bits per heavy atom. The van der Waals surface area contributed by atoms with E-state index in [9.17, 15) is 14.4 Å². The third-order valence-corrected chi connectivity index (χ3v) is 5.05. The number of fused-ring (bicyclic) bond motifs is 1. The van der Waals surface area contributed by atoms with E-state index in [1.807, 2.05) is 24.3 Å². The number of nitrogens with one attached hydrogen (secondary N) is 1. The van der Waals surface area contributed by atoms with E-state index < -0.39 is 17.2 Å². The molecule has 2 aromatic heterocycles. The van der Waals surface area contributed by atoms with Crippen molar-refractivity contribution in [1.82, 2.24) is 24.0 Å². The first-order valence-corrected chi connectivity index (χ1v) is 9.43. The van der Waals surface area contributed by atoms with E-state index in [2.05, 4.69) is 24.1 Å². The van der Waals surface area contributed by atoms with Gasteiger partial charge in [0.2, 0.25) is 5.91 Å². The summed E-state index contributed by atoms with van der Waals surface area (Å²) in [5.74, 6) is -0.0300. The second-order valence-corrected chi connectivity index (χ2v) is 7.49. The summed E-state index contributed by atoms with van der Waals surface area (Å²) in [5, 5.41) is 2.70. The van der Waals surface area contributed by atoms with Gasteiger partial charge in [-0.1, -0.05) is 38.1 Å². The van der Waals surface area contributed by atoms with Gasteiger partial charge < -0.3 is 15.6 Å². The molecule has 162 valence electrons. The van der Waals surface area contributed by atoms with Crippen LogP contribution in [0.25, 0.3) is 11.2 Å². The molecule has 0 aliphatic rings. The summed E-state index contributed by atoms with van der Waals surface area (Å²) in [4.78, 5) is 41.6. The Morgan fingerprint density at radius 1 is 1.13 bits per heavy atom. The highest BCUT2D eigenvalue weighted by Crippen LogP contribution is 2.17. The Labute approximate surface area is 179 Å². The van der Waals surface area contributed by atoms with Crippen LogP contribution in [0.1, 0.15) is 36.9 Å². The zero-order chi connectivity index (χ0) is 21.3. The molecule has 9 nitrogen and oxygen atoms in total. The average Bonchev–Trinajstić information content (AvgIpc) is 3.09. The summed E-state index contributed by atoms with van der Waals surface area (Å²) in [7, 11) is 3.18. The molecule has 0 saturated carbocycles. The molecule has 1 aromatic carbocycles. The number of carbonyl (C=O) groups is 1. The molecule has 0 saturated heterocycles. The molecular weight excluding hydrogens is 408 g/mol. The fourth-order valence-corrected chi connectivity index (χ4v) is 3.20. The first kappa shape index (κ1) is 23.4. The molecule has 0 fully saturated rings. The Morgan fingerprint density at radius 2 is 1.73 bits per heavy atom. The molecule has 0 radical (unpaired) electrons. The van der Waals surface area contributed by atoms with Crippen LogP contribution in [0.3, 0.4) is 0 Å². The minimum Gasteiger partial charge on any atom is -0.353 e. The Balaban J connectivity index is 0.00000320. The van der Waals surface area contributed by atoms with Crippen LogP contribution in [-0.4, -0.2) is 31.1 Å². The van der Waals surface area contributed by atoms with Crippen LogP contribution in [-0.2, 0) is 25.4 Å². The van der Waals surface area contributed by atoms with E-state index in [0.29, 0.717) is 5.92 Å². The highest BCUT2D eigenvalue weighted by molar-refractivity contribution is 5.85. The zero-order valence-corrected chi connectivity index (χ0v) is 18.3. The van der Waals surface area contributed by atoms with Crippen molar-refractivity contribution in [1.29, 1.82) is 0 Å². The first-order valence-electron chi connectivity index (χ1n) is 9.43. The zero-order valence-electron chi connectivity index (χ0n) is 17.5. The van der Waals surface area contributed by atoms with E-state index in [-0.39, 0.29) is 42.7 Å². The number of hydrogen-bond acceptors (Lipinski definition) is 5. The Bertz CT molecular complexity index is 1160. The van der Waals surface area contributed by atoms with Gasteiger partial charge in [0, 0.05) is 26.7 Å². The maximum atomic E-state index is 12.6. The minimum absolute atomic E-state index is 0. The summed E-state index contributed by atoms with van der Waals surface area (Å²) in [6.07, 6.45) is 1.46. The number of rotatable bonds is 6. The molecule has 3 N–H and O–H groups in total. The largest absolute Gasteiger partial charge is 0.353 e. The average molecular weight is 435 g/mol. The summed E-state index contributed by atoms with van der Waals surface area (Å²) in [5.41, 5.74) is 7.69. The Kier molecular flexibility index (Phi) is 7.22. The third kappa shape index (κ3) is 4.47. The molecule has 0 aliphatic heterocycles. The number of aryl methyl sites for hydroxylation is 2. The van der Waals surface area contributed by atoms with Crippen LogP contribution in [0.15, 0.2) is 40.2 Å². The molecule has 0 bridgehead atoms. The lowest BCUT2D eigenvalue weighted by Crippen LogP contribution is -2.44. The molecule has 10 heteroatoms. The normalized spacial score (nSPS) is 12.1. The smallest absolute Gasteiger partial charge is 0.332 e. The number of nitrogens with two attached hydrogens (primary N) is 1. The second-order valence-electron chi connectivity index (χ2n) is 7.49. The number of carbonyl (C=O) groups excluding carboxylic acids is 1. The van der Waals surface area contributed by atoms with Crippen LogP contribution < -0.4 is 22.3 Å². The van der Waals surface area contributed by atoms with Gasteiger partial charge in [0.15, 0.2) is 11.2 Å². The number of imidazole rings is 1. The van der Waals surface area contributed by atoms with E-state index in [0.717, 1.165) is 10.1 Å². The van der Waals surface area contributed by atoms with Gasteiger partial charge in [-0.2, -0.15) is 0 Å². The van der Waals surface area contributed by atoms with Crippen LogP contribution in [0, 0.1) is 0 Å². The quantitative estimate of drug-likeness (QED) is 0.595. The van der Waals surface area contributed by atoms with Crippen LogP contribution >= 0.6 is 12.4 Å². The number of hydrogen-bond donors (Lipinski definition) is 2. The standard InChI is InChI=1S/C20H26N6O3.ClH/c1-12(2)13-5-7-14(8-6-13)15(21)9-22-16(27)10-26-19(28)17-18(23-11-24(17)3)25(4)20(26)29;/h5-8,11-12,15H,9-10,21H2,1-4H3,(H,22,27);1H. The van der Waals surface area contributed by atoms with Crippen molar-refractivity contribution in [2.24, 2.45) is 19.8 Å². The summed E-state index contributed by atoms with van der Waals surface area (Å²) in [6.45, 7) is 4.04. The fraction of sp³-hybridized carbons (Fsp3) is 0.400. The van der Waals surface area contributed by atoms with Crippen LogP contribution in [0.2, 0.25) is 0 Å². The van der Waals surface area contributed by atoms with Crippen molar-refractivity contribution >= 4 is 29.5 Å². The predicted molar refractivity (Wildman–Crippen MR) is 118 cm³/mol. The van der Waals surface area contributed by atoms with Gasteiger partial charge in [0.25, 0.3) is 5.56 Å². The van der Waals surface area contributed by atoms with Gasteiger partial charge in [0.05, 0.1) is 6.33 Å². The molecule has 1 unspecified atom stereocenters. The van der Waals surface area contributed by atoms with E-state index in [1.54, 1.807) is 7.05 Å². The fourth-order valence-electron chi connectivity index (χ4n) is 3.20. The summed E-state index contributed by atoms with van der Waals surface area (Å²) < 4.78 is 3.69. The first-order chi connectivity index (χ1) is 13.7. The van der Waals surface area contributed by atoms with Crippen molar-refractivity contribution in [3.8, 4) is 0 Å². The number of aromatic nitrogens is 4. The van der Waals surface area contributed by atoms with Crippen molar-refractivity contribution in [2.75, 3.05) is 6.54 Å². The molecule has 3 rings (SSSR count). The minimum atomic E-state index is -0.593. The maximum Gasteiger partial charge on any atom is 0.332 e. The van der Waals surface area contributed by atoms with Gasteiger partial charge in [-0.05, 0) is 17.0 Å². The number of nitrogens with zero attached hydrogens (tertiary/aromatic N) is 4. The highest BCUT2D eigenvalue weighted by atomic mass is 35.5. The summed E-state index contributed by atoms with van der Waals surface area (Å²) >= 11 is 0. The van der Waals surface area contributed by atoms with Gasteiger partial charge in [-0.15, -0.1) is 12.4 Å². The van der Waals surface area contributed by atoms with Crippen molar-refractivity contribution in [3.05, 3.63) is 62.6 Å². The highest BCUT2D eigenvalue weighted by Gasteiger charge is 2.17. The van der Waals surface area contributed by atoms with E-state index in [1.165, 1.54) is 28.1 Å². The van der Waals surface area contributed by atoms with Crippen LogP contribution in [0.4, 0.5) is 0 Å². The van der Waals surface area contributed by atoms with Crippen LogP contribution in [0.5, 0.6) is 0 Å². The number of halogens is 1. The topological polar surface area (TPSA) is 117 Å². The van der Waals surface area contributed by atoms with Crippen molar-refractivity contribution in [3.63, 3.8) is 0 Å². The molecule has 1 atom stereocenters. The van der Waals surface area contributed by atoms with Gasteiger partial charge in [-0.3, -0.25) is 14.2 Å². The third-order valence-electron chi connectivity index (χ3n) is 5.05. The predicted octanol–water partition coefficient (Wildman–Crippen LogP) is 0.795.